The van der Waals surface area contributed by atoms with Crippen LogP contribution in [0.4, 0.5) is 4.79 Å². The summed E-state index contributed by atoms with van der Waals surface area (Å²) in [6.45, 7) is 6.04. The van der Waals surface area contributed by atoms with Gasteiger partial charge in [-0.3, -0.25) is 29.4 Å². The van der Waals surface area contributed by atoms with E-state index in [9.17, 15) is 28.8 Å². The van der Waals surface area contributed by atoms with Crippen LogP contribution in [0, 0.1) is 0 Å². The molecule has 1 fully saturated rings. The number of hydrogen-bond acceptors (Lipinski definition) is 8. The van der Waals surface area contributed by atoms with Gasteiger partial charge in [0.05, 0.1) is 0 Å². The maximum absolute atomic E-state index is 12.3. The lowest BCUT2D eigenvalue weighted by molar-refractivity contribution is -0.200. The van der Waals surface area contributed by atoms with E-state index in [1.54, 1.807) is 20.8 Å². The number of nitrogens with one attached hydrogen (secondary N) is 1. The molecule has 146 valence electrons. The zero-order valence-corrected chi connectivity index (χ0v) is 15.2. The SMILES string of the molecule is C[C@@H](C(=O)ON1C(=O)CCC1=O)N1C(=O)C=C(NC(=O)OC(C)(C)C)C1=O. The third-order valence-corrected chi connectivity index (χ3v) is 3.51. The molecule has 27 heavy (non-hydrogen) atoms. The second-order valence-corrected chi connectivity index (χ2v) is 6.87. The number of carbonyl (C=O) groups excluding carboxylic acids is 6. The zero-order valence-electron chi connectivity index (χ0n) is 15.2. The summed E-state index contributed by atoms with van der Waals surface area (Å²) in [4.78, 5) is 76.5. The molecule has 2 aliphatic rings. The Kier molecular flexibility index (Phi) is 5.33. The van der Waals surface area contributed by atoms with Gasteiger partial charge in [-0.2, -0.15) is 0 Å². The van der Waals surface area contributed by atoms with Crippen LogP contribution in [0.15, 0.2) is 11.8 Å². The molecule has 0 saturated carbocycles. The van der Waals surface area contributed by atoms with Crippen LogP contribution in [-0.2, 0) is 33.5 Å². The lowest BCUT2D eigenvalue weighted by Crippen LogP contribution is -2.48. The van der Waals surface area contributed by atoms with E-state index >= 15 is 0 Å². The molecule has 11 heteroatoms. The molecule has 2 heterocycles. The minimum Gasteiger partial charge on any atom is -0.444 e. The van der Waals surface area contributed by atoms with Gasteiger partial charge in [-0.25, -0.2) is 9.59 Å². The van der Waals surface area contributed by atoms with E-state index in [0.717, 1.165) is 6.08 Å². The minimum absolute atomic E-state index is 0.0897. The van der Waals surface area contributed by atoms with Crippen molar-refractivity contribution in [3.63, 3.8) is 0 Å². The Balaban J connectivity index is 2.02. The summed E-state index contributed by atoms with van der Waals surface area (Å²) in [7, 11) is 0. The normalized spacial score (nSPS) is 18.6. The van der Waals surface area contributed by atoms with Crippen molar-refractivity contribution in [2.24, 2.45) is 0 Å². The van der Waals surface area contributed by atoms with Gasteiger partial charge in [-0.1, -0.05) is 0 Å². The number of rotatable bonds is 4. The number of alkyl carbamates (subject to hydrolysis) is 1. The Morgan fingerprint density at radius 2 is 1.67 bits per heavy atom. The molecule has 2 aliphatic heterocycles. The lowest BCUT2D eigenvalue weighted by atomic mass is 10.2. The van der Waals surface area contributed by atoms with Crippen LogP contribution < -0.4 is 5.32 Å². The van der Waals surface area contributed by atoms with Gasteiger partial charge in [-0.05, 0) is 27.7 Å². The van der Waals surface area contributed by atoms with Crippen molar-refractivity contribution in [1.29, 1.82) is 0 Å². The molecule has 0 unspecified atom stereocenters. The first-order valence-electron chi connectivity index (χ1n) is 8.07. The van der Waals surface area contributed by atoms with Gasteiger partial charge >= 0.3 is 12.1 Å². The molecule has 0 aromatic rings. The molecule has 0 aliphatic carbocycles. The molecule has 1 atom stereocenters. The van der Waals surface area contributed by atoms with Crippen LogP contribution in [0.1, 0.15) is 40.5 Å². The van der Waals surface area contributed by atoms with Crippen molar-refractivity contribution >= 4 is 35.7 Å². The third kappa shape index (κ3) is 4.49. The Morgan fingerprint density at radius 3 is 2.19 bits per heavy atom. The minimum atomic E-state index is -1.43. The number of imide groups is 2. The standard InChI is InChI=1S/C16H19N3O8/c1-8(14(24)27-19-10(20)5-6-11(19)21)18-12(22)7-9(13(18)23)17-15(25)26-16(2,3)4/h7-8H,5-6H2,1-4H3,(H,17,25)/t8-/m0/s1. The van der Waals surface area contributed by atoms with E-state index in [0.29, 0.717) is 9.96 Å². The second-order valence-electron chi connectivity index (χ2n) is 6.87. The van der Waals surface area contributed by atoms with Crippen molar-refractivity contribution in [1.82, 2.24) is 15.3 Å². The number of hydroxylamine groups is 2. The molecule has 0 radical (unpaired) electrons. The van der Waals surface area contributed by atoms with Gasteiger partial charge in [0.2, 0.25) is 0 Å². The van der Waals surface area contributed by atoms with Crippen molar-refractivity contribution in [2.45, 2.75) is 52.2 Å². The maximum atomic E-state index is 12.3. The molecular formula is C16H19N3O8. The summed E-state index contributed by atoms with van der Waals surface area (Å²) < 4.78 is 4.99. The summed E-state index contributed by atoms with van der Waals surface area (Å²) in [5.41, 5.74) is -1.19. The van der Waals surface area contributed by atoms with E-state index in [-0.39, 0.29) is 18.5 Å². The third-order valence-electron chi connectivity index (χ3n) is 3.51. The van der Waals surface area contributed by atoms with Gasteiger partial charge in [0.15, 0.2) is 0 Å². The average Bonchev–Trinajstić information content (AvgIpc) is 2.98. The van der Waals surface area contributed by atoms with Crippen molar-refractivity contribution in [3.05, 3.63) is 11.8 Å². The fourth-order valence-corrected chi connectivity index (χ4v) is 2.28. The predicted molar refractivity (Wildman–Crippen MR) is 85.9 cm³/mol. The number of ether oxygens (including phenoxy) is 1. The topological polar surface area (TPSA) is 139 Å². The second kappa shape index (κ2) is 7.17. The molecule has 0 spiro atoms. The number of carbonyl (C=O) groups is 6. The Bertz CT molecular complexity index is 748. The van der Waals surface area contributed by atoms with Crippen LogP contribution in [0.2, 0.25) is 0 Å². The van der Waals surface area contributed by atoms with Gasteiger partial charge < -0.3 is 9.57 Å². The summed E-state index contributed by atoms with van der Waals surface area (Å²) in [6.07, 6.45) is -0.288. The van der Waals surface area contributed by atoms with Crippen LogP contribution in [0.5, 0.6) is 0 Å². The number of amides is 5. The molecule has 0 aromatic heterocycles. The Morgan fingerprint density at radius 1 is 1.11 bits per heavy atom. The van der Waals surface area contributed by atoms with E-state index in [2.05, 4.69) is 5.32 Å². The summed E-state index contributed by atoms with van der Waals surface area (Å²) in [5, 5.41) is 2.46. The number of hydrogen-bond donors (Lipinski definition) is 1. The highest BCUT2D eigenvalue weighted by atomic mass is 16.7. The van der Waals surface area contributed by atoms with Crippen LogP contribution in [-0.4, -0.2) is 57.3 Å². The van der Waals surface area contributed by atoms with Crippen LogP contribution in [0.25, 0.3) is 0 Å². The predicted octanol–water partition coefficient (Wildman–Crippen LogP) is -0.241. The summed E-state index contributed by atoms with van der Waals surface area (Å²) >= 11 is 0. The van der Waals surface area contributed by atoms with Crippen LogP contribution in [0.3, 0.4) is 0 Å². The van der Waals surface area contributed by atoms with E-state index in [4.69, 9.17) is 9.57 Å². The molecule has 0 aromatic carbocycles. The first-order chi connectivity index (χ1) is 12.4. The summed E-state index contributed by atoms with van der Waals surface area (Å²) in [5.74, 6) is -4.34. The van der Waals surface area contributed by atoms with Crippen molar-refractivity contribution < 1.29 is 38.3 Å². The van der Waals surface area contributed by atoms with Gasteiger partial charge in [-0.15, -0.1) is 5.06 Å². The summed E-state index contributed by atoms with van der Waals surface area (Å²) in [6, 6.07) is -1.43. The molecule has 11 nitrogen and oxygen atoms in total. The lowest BCUT2D eigenvalue weighted by Gasteiger charge is -2.23. The Hall–Kier alpha value is -3.24. The van der Waals surface area contributed by atoms with Gasteiger partial charge in [0.25, 0.3) is 23.6 Å². The van der Waals surface area contributed by atoms with E-state index < -0.39 is 47.3 Å². The molecule has 5 amide bonds. The zero-order chi connectivity index (χ0) is 20.5. The first kappa shape index (κ1) is 20.1. The quantitative estimate of drug-likeness (QED) is 0.658. The first-order valence-corrected chi connectivity index (χ1v) is 8.07. The molecule has 1 saturated heterocycles. The molecule has 2 rings (SSSR count). The fourth-order valence-electron chi connectivity index (χ4n) is 2.28. The monoisotopic (exact) mass is 381 g/mol. The van der Waals surface area contributed by atoms with Crippen LogP contribution >= 0.6 is 0 Å². The fraction of sp³-hybridized carbons (Fsp3) is 0.500. The van der Waals surface area contributed by atoms with Gasteiger partial charge in [0.1, 0.15) is 17.3 Å². The molecule has 1 N–H and O–H groups in total. The number of nitrogens with zero attached hydrogens (tertiary/aromatic N) is 2. The highest BCUT2D eigenvalue weighted by Crippen LogP contribution is 2.18. The molecular weight excluding hydrogens is 362 g/mol. The highest BCUT2D eigenvalue weighted by Gasteiger charge is 2.42. The Labute approximate surface area is 154 Å². The smallest absolute Gasteiger partial charge is 0.412 e. The molecule has 0 bridgehead atoms. The largest absolute Gasteiger partial charge is 0.444 e. The maximum Gasteiger partial charge on any atom is 0.412 e. The van der Waals surface area contributed by atoms with Crippen molar-refractivity contribution in [3.8, 4) is 0 Å². The average molecular weight is 381 g/mol. The highest BCUT2D eigenvalue weighted by molar-refractivity contribution is 6.18. The van der Waals surface area contributed by atoms with E-state index in [1.165, 1.54) is 6.92 Å². The van der Waals surface area contributed by atoms with E-state index in [1.807, 2.05) is 0 Å². The van der Waals surface area contributed by atoms with Crippen molar-refractivity contribution in [2.75, 3.05) is 0 Å². The van der Waals surface area contributed by atoms with Gasteiger partial charge in [0, 0.05) is 18.9 Å².